The molecule has 2 aliphatic rings. The largest absolute Gasteiger partial charge is 0.418 e. The summed E-state index contributed by atoms with van der Waals surface area (Å²) >= 11 is 0. The Balaban J connectivity index is 1.23. The number of carbonyl (C=O) groups is 1. The fourth-order valence-electron chi connectivity index (χ4n) is 5.42. The quantitative estimate of drug-likeness (QED) is 0.568. The van der Waals surface area contributed by atoms with Crippen LogP contribution in [0.1, 0.15) is 52.8 Å². The fraction of sp³-hybridized carbons (Fsp3) is 0.500. The maximum atomic E-state index is 13.2. The van der Waals surface area contributed by atoms with Crippen molar-refractivity contribution >= 4 is 17.1 Å². The van der Waals surface area contributed by atoms with Gasteiger partial charge in [-0.1, -0.05) is 0 Å². The Morgan fingerprint density at radius 1 is 1.14 bits per heavy atom. The first-order valence-electron chi connectivity index (χ1n) is 12.0. The van der Waals surface area contributed by atoms with Crippen LogP contribution in [-0.2, 0) is 6.18 Å². The van der Waals surface area contributed by atoms with Crippen LogP contribution in [0.4, 0.5) is 18.9 Å². The van der Waals surface area contributed by atoms with Gasteiger partial charge in [0.15, 0.2) is 0 Å². The molecule has 5 heterocycles. The van der Waals surface area contributed by atoms with Crippen LogP contribution in [-0.4, -0.2) is 69.7 Å². The maximum Gasteiger partial charge on any atom is 0.418 e. The van der Waals surface area contributed by atoms with Crippen LogP contribution in [0.2, 0.25) is 0 Å². The smallest absolute Gasteiger partial charge is 0.370 e. The minimum Gasteiger partial charge on any atom is -0.370 e. The first-order valence-corrected chi connectivity index (χ1v) is 12.0. The van der Waals surface area contributed by atoms with Gasteiger partial charge in [-0.2, -0.15) is 18.3 Å². The zero-order chi connectivity index (χ0) is 25.6. The fourth-order valence-corrected chi connectivity index (χ4v) is 5.42. The molecule has 2 N–H and O–H groups in total. The summed E-state index contributed by atoms with van der Waals surface area (Å²) in [5, 5.41) is 6.90. The van der Waals surface area contributed by atoms with Gasteiger partial charge in [-0.3, -0.25) is 14.5 Å². The minimum absolute atomic E-state index is 0.0411. The van der Waals surface area contributed by atoms with Gasteiger partial charge in [-0.05, 0) is 50.9 Å². The lowest BCUT2D eigenvalue weighted by atomic mass is 10.0. The summed E-state index contributed by atoms with van der Waals surface area (Å²) in [5.41, 5.74) is 0.0323. The van der Waals surface area contributed by atoms with Crippen molar-refractivity contribution in [2.75, 3.05) is 38.1 Å². The van der Waals surface area contributed by atoms with Gasteiger partial charge in [-0.25, -0.2) is 9.50 Å². The van der Waals surface area contributed by atoms with E-state index in [4.69, 9.17) is 0 Å². The number of alkyl halides is 3. The third-order valence-corrected chi connectivity index (χ3v) is 7.29. The van der Waals surface area contributed by atoms with Crippen molar-refractivity contribution in [2.24, 2.45) is 0 Å². The van der Waals surface area contributed by atoms with E-state index in [9.17, 15) is 22.8 Å². The molecule has 2 saturated heterocycles. The number of anilines is 1. The van der Waals surface area contributed by atoms with Crippen molar-refractivity contribution in [3.05, 3.63) is 57.5 Å². The Morgan fingerprint density at radius 2 is 1.89 bits per heavy atom. The van der Waals surface area contributed by atoms with E-state index < -0.39 is 22.8 Å². The normalized spacial score (nSPS) is 19.8. The molecule has 2 fully saturated rings. The van der Waals surface area contributed by atoms with Crippen molar-refractivity contribution in [3.63, 3.8) is 0 Å². The molecule has 9 nitrogen and oxygen atoms in total. The number of amides is 1. The van der Waals surface area contributed by atoms with Crippen LogP contribution in [0, 0.1) is 6.92 Å². The monoisotopic (exact) mass is 503 g/mol. The highest BCUT2D eigenvalue weighted by atomic mass is 19.4. The van der Waals surface area contributed by atoms with Crippen LogP contribution in [0.25, 0.3) is 5.52 Å². The number of fused-ring (bicyclic) bond motifs is 1. The second kappa shape index (κ2) is 9.23. The first kappa shape index (κ1) is 24.3. The number of likely N-dealkylation sites (tertiary alicyclic amines) is 1. The van der Waals surface area contributed by atoms with E-state index in [-0.39, 0.29) is 11.8 Å². The Morgan fingerprint density at radius 3 is 2.56 bits per heavy atom. The molecule has 36 heavy (non-hydrogen) atoms. The molecule has 192 valence electrons. The Kier molecular flexibility index (Phi) is 6.23. The number of hydrogen-bond acceptors (Lipinski definition) is 6. The Hall–Kier alpha value is -3.41. The van der Waals surface area contributed by atoms with E-state index >= 15 is 0 Å². The lowest BCUT2D eigenvalue weighted by molar-refractivity contribution is -0.136. The number of rotatable bonds is 4. The molecule has 3 aromatic rings. The maximum absolute atomic E-state index is 13.2. The Bertz CT molecular complexity index is 1340. The molecule has 0 radical (unpaired) electrons. The van der Waals surface area contributed by atoms with E-state index in [1.807, 2.05) is 13.0 Å². The summed E-state index contributed by atoms with van der Waals surface area (Å²) in [4.78, 5) is 36.0. The molecule has 1 unspecified atom stereocenters. The van der Waals surface area contributed by atoms with Crippen molar-refractivity contribution in [3.8, 4) is 0 Å². The third-order valence-electron chi connectivity index (χ3n) is 7.29. The van der Waals surface area contributed by atoms with Gasteiger partial charge in [0.2, 0.25) is 0 Å². The zero-order valence-electron chi connectivity index (χ0n) is 20.1. The molecule has 12 heteroatoms. The van der Waals surface area contributed by atoms with Gasteiger partial charge in [0, 0.05) is 44.8 Å². The summed E-state index contributed by atoms with van der Waals surface area (Å²) in [7, 11) is 1.58. The highest BCUT2D eigenvalue weighted by Gasteiger charge is 2.36. The highest BCUT2D eigenvalue weighted by molar-refractivity contribution is 5.92. The average molecular weight is 504 g/mol. The third kappa shape index (κ3) is 4.45. The van der Waals surface area contributed by atoms with E-state index in [1.54, 1.807) is 13.1 Å². The number of piperidine rings is 1. The van der Waals surface area contributed by atoms with Crippen LogP contribution in [0.5, 0.6) is 0 Å². The number of pyridine rings is 1. The molecule has 3 aromatic heterocycles. The number of hydrogen-bond donors (Lipinski definition) is 2. The van der Waals surface area contributed by atoms with Gasteiger partial charge in [0.1, 0.15) is 17.0 Å². The molecule has 2 aliphatic heterocycles. The summed E-state index contributed by atoms with van der Waals surface area (Å²) in [6, 6.07) is 4.96. The molecule has 1 atom stereocenters. The molecule has 0 bridgehead atoms. The minimum atomic E-state index is -4.61. The Labute approximate surface area is 205 Å². The van der Waals surface area contributed by atoms with Gasteiger partial charge < -0.3 is 15.2 Å². The topological polar surface area (TPSA) is 98.6 Å². The number of aryl methyl sites for hydroxylation is 1. The summed E-state index contributed by atoms with van der Waals surface area (Å²) in [5.74, 6) is 0.176. The number of nitrogens with zero attached hydrogens (tertiary/aromatic N) is 5. The van der Waals surface area contributed by atoms with Gasteiger partial charge in [-0.15, -0.1) is 0 Å². The molecular weight excluding hydrogens is 475 g/mol. The molecular formula is C24H28F3N7O2. The van der Waals surface area contributed by atoms with Crippen molar-refractivity contribution in [1.82, 2.24) is 29.8 Å². The number of aromatic nitrogens is 4. The van der Waals surface area contributed by atoms with E-state index in [0.717, 1.165) is 60.9 Å². The van der Waals surface area contributed by atoms with Crippen molar-refractivity contribution in [2.45, 2.75) is 44.3 Å². The molecule has 0 saturated carbocycles. The van der Waals surface area contributed by atoms with Gasteiger partial charge in [0.25, 0.3) is 11.5 Å². The number of halogens is 3. The van der Waals surface area contributed by atoms with Crippen LogP contribution in [0.15, 0.2) is 29.2 Å². The average Bonchev–Trinajstić information content (AvgIpc) is 3.51. The molecule has 0 aromatic carbocycles. The van der Waals surface area contributed by atoms with Gasteiger partial charge in [0.05, 0.1) is 16.9 Å². The standard InChI is InChI=1S/C24H28F3N7O2/c1-14-19(4-3-18(29-14)22(35)28-2)32-10-6-16(7-11-32)33-9-5-15(13-33)21-30-23(36)20-17(24(25,26)27)8-12-34(20)31-21/h3-4,8,12,15-16H,5-7,9-11,13H2,1-2H3,(H,28,35)(H,30,31,36). The number of aromatic amines is 1. The number of nitrogens with one attached hydrogen (secondary N) is 2. The second-order valence-electron chi connectivity index (χ2n) is 9.44. The number of carbonyl (C=O) groups excluding carboxylic acids is 1. The zero-order valence-corrected chi connectivity index (χ0v) is 20.1. The predicted molar refractivity (Wildman–Crippen MR) is 127 cm³/mol. The second-order valence-corrected chi connectivity index (χ2v) is 9.44. The first-order chi connectivity index (χ1) is 17.2. The van der Waals surface area contributed by atoms with Gasteiger partial charge >= 0.3 is 6.18 Å². The molecule has 1 amide bonds. The summed E-state index contributed by atoms with van der Waals surface area (Å²) < 4.78 is 40.6. The summed E-state index contributed by atoms with van der Waals surface area (Å²) in [6.07, 6.45) is -0.716. The lowest BCUT2D eigenvalue weighted by Crippen LogP contribution is -2.44. The van der Waals surface area contributed by atoms with E-state index in [0.29, 0.717) is 24.1 Å². The van der Waals surface area contributed by atoms with Crippen LogP contribution in [0.3, 0.4) is 0 Å². The van der Waals surface area contributed by atoms with Crippen LogP contribution >= 0.6 is 0 Å². The van der Waals surface area contributed by atoms with Crippen molar-refractivity contribution < 1.29 is 18.0 Å². The SMILES string of the molecule is CNC(=O)c1ccc(N2CCC(N3CCC(c4nn5ccc(C(F)(F)F)c5c(=O)[nH]4)C3)CC2)c(C)n1. The summed E-state index contributed by atoms with van der Waals surface area (Å²) in [6.45, 7) is 5.18. The molecule has 5 rings (SSSR count). The number of H-pyrrole nitrogens is 1. The molecule has 0 spiro atoms. The van der Waals surface area contributed by atoms with E-state index in [2.05, 4.69) is 30.2 Å². The highest BCUT2D eigenvalue weighted by Crippen LogP contribution is 2.33. The predicted octanol–water partition coefficient (Wildman–Crippen LogP) is 2.56. The van der Waals surface area contributed by atoms with E-state index in [1.165, 1.54) is 6.20 Å². The van der Waals surface area contributed by atoms with Crippen LogP contribution < -0.4 is 15.8 Å². The van der Waals surface area contributed by atoms with Crippen molar-refractivity contribution in [1.29, 1.82) is 0 Å². The lowest BCUT2D eigenvalue weighted by Gasteiger charge is -2.38. The molecule has 0 aliphatic carbocycles.